The van der Waals surface area contributed by atoms with E-state index in [0.717, 1.165) is 51.2 Å². The van der Waals surface area contributed by atoms with E-state index in [0.29, 0.717) is 12.5 Å². The Labute approximate surface area is 225 Å². The quantitative estimate of drug-likeness (QED) is 0.268. The zero-order chi connectivity index (χ0) is 31.4. The molecule has 0 spiro atoms. The smallest absolute Gasteiger partial charge is 0.419 e. The van der Waals surface area contributed by atoms with Crippen molar-refractivity contribution >= 4 is 17.9 Å². The second-order valence-corrected chi connectivity index (χ2v) is 10.2. The Kier molecular flexibility index (Phi) is 8.87. The summed E-state index contributed by atoms with van der Waals surface area (Å²) in [4.78, 5) is 38.1. The fourth-order valence-electron chi connectivity index (χ4n) is 3.75. The second-order valence-electron chi connectivity index (χ2n) is 10.2. The van der Waals surface area contributed by atoms with Gasteiger partial charge in [0.25, 0.3) is 11.8 Å². The summed E-state index contributed by atoms with van der Waals surface area (Å²) in [5.41, 5.74) is -1.94. The van der Waals surface area contributed by atoms with Crippen molar-refractivity contribution in [3.05, 3.63) is 29.3 Å². The van der Waals surface area contributed by atoms with E-state index in [-0.39, 0.29) is 11.5 Å². The van der Waals surface area contributed by atoms with Gasteiger partial charge in [0.05, 0.1) is 22.8 Å². The third kappa shape index (κ3) is 7.75. The van der Waals surface area contributed by atoms with E-state index in [4.69, 9.17) is 13.6 Å². The van der Waals surface area contributed by atoms with Gasteiger partial charge >= 0.3 is 12.3 Å². The maximum Gasteiger partial charge on any atom is 0.419 e. The highest BCUT2D eigenvalue weighted by Gasteiger charge is 2.55. The van der Waals surface area contributed by atoms with Crippen molar-refractivity contribution in [3.63, 3.8) is 0 Å². The summed E-state index contributed by atoms with van der Waals surface area (Å²) in [6, 6.07) is 2.60. The predicted molar refractivity (Wildman–Crippen MR) is 133 cm³/mol. The largest absolute Gasteiger partial charge is 0.493 e. The number of ether oxygens (including phenoxy) is 2. The normalized spacial score (nSPS) is 24.2. The monoisotopic (exact) mass is 548 g/mol. The van der Waals surface area contributed by atoms with Crippen molar-refractivity contribution in [2.75, 3.05) is 13.2 Å². The van der Waals surface area contributed by atoms with E-state index < -0.39 is 64.7 Å². The summed E-state index contributed by atoms with van der Waals surface area (Å²) in [5, 5.41) is 9.82. The number of alkyl halides is 3. The van der Waals surface area contributed by atoms with Gasteiger partial charge in [0, 0.05) is 11.0 Å². The molecule has 0 bridgehead atoms. The minimum Gasteiger partial charge on any atom is -0.493 e. The number of unbranched alkanes of at least 4 members (excludes halogenated alkanes) is 5. The van der Waals surface area contributed by atoms with E-state index in [9.17, 15) is 32.7 Å². The summed E-state index contributed by atoms with van der Waals surface area (Å²) >= 11 is 0. The van der Waals surface area contributed by atoms with E-state index in [1.807, 2.05) is 10.9 Å². The minimum absolute atomic E-state index is 0.0611. The van der Waals surface area contributed by atoms with Gasteiger partial charge in [-0.15, -0.1) is 0 Å². The summed E-state index contributed by atoms with van der Waals surface area (Å²) in [5.74, 6) is -3.06. The van der Waals surface area contributed by atoms with Crippen LogP contribution in [0.1, 0.15) is 93.2 Å². The number of nitrogens with one attached hydrogen (secondary N) is 2. The lowest BCUT2D eigenvalue weighted by Crippen LogP contribution is -2.62. The standard InChI is InChI=1S/C26H38F3N3O6/c1-6-7-8-9-10-11-14-37-19-13-12-17(15-18(19)26(27,28)29)20(33)30-31-21(34)25(5)16-38-22(24(2,3)4)32(25)23(35)36/h12-13,15,22H,6-11,14,16H2,1-5H3,(H,30,33)(H,31,34)(H,35,36)/t22-,25?/m1/s1/i16D2,22D. The van der Waals surface area contributed by atoms with Gasteiger partial charge < -0.3 is 14.6 Å². The third-order valence-corrected chi connectivity index (χ3v) is 5.86. The topological polar surface area (TPSA) is 117 Å². The van der Waals surface area contributed by atoms with Crippen molar-refractivity contribution in [3.8, 4) is 5.75 Å². The number of carbonyl (C=O) groups excluding carboxylic acids is 2. The average Bonchev–Trinajstić information content (AvgIpc) is 3.03. The predicted octanol–water partition coefficient (Wildman–Crippen LogP) is 5.35. The molecule has 2 rings (SSSR count). The Morgan fingerprint density at radius 3 is 2.39 bits per heavy atom. The van der Waals surface area contributed by atoms with Gasteiger partial charge in [-0.25, -0.2) is 4.79 Å². The zero-order valence-electron chi connectivity index (χ0n) is 25.3. The first kappa shape index (κ1) is 26.6. The molecule has 1 aromatic rings. The summed E-state index contributed by atoms with van der Waals surface area (Å²) < 4.78 is 76.7. The van der Waals surface area contributed by atoms with Crippen molar-refractivity contribution in [1.82, 2.24) is 15.8 Å². The number of benzene rings is 1. The molecule has 1 aliphatic rings. The maximum atomic E-state index is 13.7. The first-order valence-electron chi connectivity index (χ1n) is 13.9. The van der Waals surface area contributed by atoms with Crippen molar-refractivity contribution < 1.29 is 46.2 Å². The van der Waals surface area contributed by atoms with Crippen LogP contribution < -0.4 is 15.6 Å². The first-order chi connectivity index (χ1) is 18.7. The van der Waals surface area contributed by atoms with Crippen LogP contribution in [0.3, 0.4) is 0 Å². The third-order valence-electron chi connectivity index (χ3n) is 5.86. The molecule has 0 radical (unpaired) electrons. The fraction of sp³-hybridized carbons (Fsp3) is 0.654. The van der Waals surface area contributed by atoms with Gasteiger partial charge in [-0.2, -0.15) is 13.2 Å². The number of carboxylic acid groups (broad SMARTS) is 1. The highest BCUT2D eigenvalue weighted by atomic mass is 19.4. The van der Waals surface area contributed by atoms with Gasteiger partial charge in [-0.3, -0.25) is 25.3 Å². The number of nitrogens with zero attached hydrogens (tertiary/aromatic N) is 1. The Morgan fingerprint density at radius 1 is 1.18 bits per heavy atom. The van der Waals surface area contributed by atoms with Crippen molar-refractivity contribution in [1.29, 1.82) is 0 Å². The van der Waals surface area contributed by atoms with E-state index in [1.54, 1.807) is 0 Å². The SMILES string of the molecule is [2H]C1([2H])O[C@]([2H])(C(C)(C)C)N(C(=O)O)C1(C)C(=O)NNC(=O)c1ccc(OCCCCCCCC)c(C(F)(F)F)c1. The van der Waals surface area contributed by atoms with Crippen LogP contribution in [-0.2, 0) is 15.7 Å². The molecule has 3 N–H and O–H groups in total. The number of hydrogen-bond acceptors (Lipinski definition) is 5. The lowest BCUT2D eigenvalue weighted by molar-refractivity contribution is -0.139. The molecular weight excluding hydrogens is 507 g/mol. The molecule has 38 heavy (non-hydrogen) atoms. The molecule has 0 saturated carbocycles. The molecule has 1 saturated heterocycles. The Bertz CT molecular complexity index is 1130. The summed E-state index contributed by atoms with van der Waals surface area (Å²) in [6.45, 7) is 4.22. The maximum absolute atomic E-state index is 13.7. The Hall–Kier alpha value is -3.02. The molecule has 1 aromatic carbocycles. The van der Waals surface area contributed by atoms with Gasteiger partial charge in [-0.05, 0) is 31.5 Å². The van der Waals surface area contributed by atoms with Crippen molar-refractivity contribution in [2.24, 2.45) is 5.41 Å². The molecule has 1 unspecified atom stereocenters. The van der Waals surface area contributed by atoms with Gasteiger partial charge in [0.1, 0.15) is 17.5 Å². The van der Waals surface area contributed by atoms with Crippen LogP contribution in [0.25, 0.3) is 0 Å². The summed E-state index contributed by atoms with van der Waals surface area (Å²) in [7, 11) is 0. The van der Waals surface area contributed by atoms with Crippen molar-refractivity contribution in [2.45, 2.75) is 91.1 Å². The lowest BCUT2D eigenvalue weighted by atomic mass is 9.91. The number of rotatable bonds is 10. The summed E-state index contributed by atoms with van der Waals surface area (Å²) in [6.07, 6.45) is -3.73. The van der Waals surface area contributed by atoms with E-state index >= 15 is 0 Å². The van der Waals surface area contributed by atoms with Crippen LogP contribution in [0, 0.1) is 5.41 Å². The highest BCUT2D eigenvalue weighted by molar-refractivity contribution is 5.97. The van der Waals surface area contributed by atoms with E-state index in [2.05, 4.69) is 6.92 Å². The number of hydrazine groups is 1. The molecule has 1 fully saturated rings. The molecule has 0 aromatic heterocycles. The molecule has 0 aliphatic carbocycles. The molecule has 1 aliphatic heterocycles. The number of halogens is 3. The van der Waals surface area contributed by atoms with Crippen LogP contribution in [0.2, 0.25) is 0 Å². The highest BCUT2D eigenvalue weighted by Crippen LogP contribution is 2.38. The molecule has 2 atom stereocenters. The second kappa shape index (κ2) is 12.7. The molecule has 214 valence electrons. The fourth-order valence-corrected chi connectivity index (χ4v) is 3.75. The van der Waals surface area contributed by atoms with Gasteiger partial charge in [0.15, 0.2) is 0 Å². The van der Waals surface area contributed by atoms with Gasteiger partial charge in [-0.1, -0.05) is 59.8 Å². The van der Waals surface area contributed by atoms with E-state index in [1.165, 1.54) is 20.8 Å². The Morgan fingerprint density at radius 2 is 1.82 bits per heavy atom. The first-order valence-corrected chi connectivity index (χ1v) is 12.4. The van der Waals surface area contributed by atoms with Crippen LogP contribution in [0.4, 0.5) is 18.0 Å². The van der Waals surface area contributed by atoms with Crippen LogP contribution in [-0.4, -0.2) is 52.8 Å². The van der Waals surface area contributed by atoms with Crippen LogP contribution in [0.15, 0.2) is 18.2 Å². The molecule has 12 heteroatoms. The lowest BCUT2D eigenvalue weighted by Gasteiger charge is -2.37. The molecular formula is C26H38F3N3O6. The average molecular weight is 549 g/mol. The molecule has 1 heterocycles. The minimum atomic E-state index is -4.85. The number of amides is 3. The van der Waals surface area contributed by atoms with Crippen LogP contribution in [0.5, 0.6) is 5.75 Å². The zero-order valence-corrected chi connectivity index (χ0v) is 22.3. The number of carbonyl (C=O) groups is 3. The molecule has 9 nitrogen and oxygen atoms in total. The van der Waals surface area contributed by atoms with Gasteiger partial charge in [0.2, 0.25) is 0 Å². The Balaban J connectivity index is 2.20. The number of hydrogen-bond donors (Lipinski definition) is 3. The molecule has 3 amide bonds. The van der Waals surface area contributed by atoms with Crippen LogP contribution >= 0.6 is 0 Å².